The van der Waals surface area contributed by atoms with Crippen molar-refractivity contribution in [3.63, 3.8) is 0 Å². The maximum Gasteiger partial charge on any atom is 0.390 e. The molecule has 0 aliphatic carbocycles. The number of rotatable bonds is 4. The van der Waals surface area contributed by atoms with Gasteiger partial charge in [0.15, 0.2) is 0 Å². The minimum atomic E-state index is -4.08. The van der Waals surface area contributed by atoms with Crippen molar-refractivity contribution < 1.29 is 13.2 Å². The van der Waals surface area contributed by atoms with E-state index < -0.39 is 12.6 Å². The zero-order valence-electron chi connectivity index (χ0n) is 11.1. The Labute approximate surface area is 111 Å². The van der Waals surface area contributed by atoms with Crippen molar-refractivity contribution in [1.29, 1.82) is 0 Å². The van der Waals surface area contributed by atoms with Crippen molar-refractivity contribution in [1.82, 2.24) is 4.90 Å². The lowest BCUT2D eigenvalue weighted by molar-refractivity contribution is -0.137. The lowest BCUT2D eigenvalue weighted by atomic mass is 9.97. The molecule has 106 valence electrons. The first-order valence-corrected chi connectivity index (χ1v) is 6.55. The van der Waals surface area contributed by atoms with Crippen molar-refractivity contribution in [2.45, 2.75) is 32.0 Å². The highest BCUT2D eigenvalue weighted by Crippen LogP contribution is 2.26. The largest absolute Gasteiger partial charge is 0.390 e. The van der Waals surface area contributed by atoms with Gasteiger partial charge in [-0.15, -0.1) is 0 Å². The highest BCUT2D eigenvalue weighted by Gasteiger charge is 2.27. The van der Waals surface area contributed by atoms with E-state index in [1.807, 2.05) is 18.2 Å². The number of fused-ring (bicyclic) bond motifs is 1. The SMILES string of the molecule is CN(CCC(F)(F)F)Cc1cccc2c1CCCN2. The van der Waals surface area contributed by atoms with Crippen LogP contribution < -0.4 is 5.32 Å². The molecule has 2 rings (SSSR count). The Balaban J connectivity index is 1.99. The third kappa shape index (κ3) is 4.13. The summed E-state index contributed by atoms with van der Waals surface area (Å²) in [4.78, 5) is 1.73. The second kappa shape index (κ2) is 5.82. The molecule has 0 aromatic heterocycles. The molecule has 1 heterocycles. The molecule has 0 spiro atoms. The minimum Gasteiger partial charge on any atom is -0.385 e. The van der Waals surface area contributed by atoms with E-state index in [2.05, 4.69) is 5.32 Å². The molecule has 1 aromatic rings. The number of halogens is 3. The first-order chi connectivity index (χ1) is 8.96. The summed E-state index contributed by atoms with van der Waals surface area (Å²) >= 11 is 0. The van der Waals surface area contributed by atoms with Gasteiger partial charge in [-0.3, -0.25) is 0 Å². The Bertz CT molecular complexity index is 429. The zero-order valence-corrected chi connectivity index (χ0v) is 11.1. The molecule has 2 nitrogen and oxygen atoms in total. The van der Waals surface area contributed by atoms with Crippen LogP contribution in [0.4, 0.5) is 18.9 Å². The Hall–Kier alpha value is -1.23. The average Bonchev–Trinajstić information content (AvgIpc) is 2.36. The van der Waals surface area contributed by atoms with Crippen LogP contribution in [0.3, 0.4) is 0 Å². The first-order valence-electron chi connectivity index (χ1n) is 6.55. The number of nitrogens with one attached hydrogen (secondary N) is 1. The average molecular weight is 272 g/mol. The van der Waals surface area contributed by atoms with Gasteiger partial charge in [0, 0.05) is 25.3 Å². The Kier molecular flexibility index (Phi) is 4.34. The van der Waals surface area contributed by atoms with E-state index in [-0.39, 0.29) is 6.54 Å². The molecule has 19 heavy (non-hydrogen) atoms. The topological polar surface area (TPSA) is 15.3 Å². The van der Waals surface area contributed by atoms with Gasteiger partial charge in [0.05, 0.1) is 6.42 Å². The standard InChI is InChI=1S/C14H19F3N2/c1-19(9-7-14(15,16)17)10-11-4-2-6-13-12(11)5-3-8-18-13/h2,4,6,18H,3,5,7-10H2,1H3. The number of alkyl halides is 3. The third-order valence-electron chi connectivity index (χ3n) is 3.41. The predicted octanol–water partition coefficient (Wildman–Crippen LogP) is 3.43. The maximum atomic E-state index is 12.2. The molecule has 0 unspecified atom stereocenters. The molecule has 5 heteroatoms. The van der Waals surface area contributed by atoms with Crippen LogP contribution in [-0.4, -0.2) is 31.2 Å². The highest BCUT2D eigenvalue weighted by atomic mass is 19.4. The van der Waals surface area contributed by atoms with Crippen molar-refractivity contribution in [3.05, 3.63) is 29.3 Å². The van der Waals surface area contributed by atoms with Crippen LogP contribution in [0.5, 0.6) is 0 Å². The molecule has 1 aromatic carbocycles. The van der Waals surface area contributed by atoms with Gasteiger partial charge in [0.25, 0.3) is 0 Å². The molecule has 0 saturated carbocycles. The highest BCUT2D eigenvalue weighted by molar-refractivity contribution is 5.56. The van der Waals surface area contributed by atoms with E-state index in [1.54, 1.807) is 11.9 Å². The molecule has 0 radical (unpaired) electrons. The van der Waals surface area contributed by atoms with Gasteiger partial charge >= 0.3 is 6.18 Å². The monoisotopic (exact) mass is 272 g/mol. The molecule has 1 aliphatic rings. The number of benzene rings is 1. The van der Waals surface area contributed by atoms with Crippen LogP contribution in [0.2, 0.25) is 0 Å². The number of anilines is 1. The Morgan fingerprint density at radius 1 is 1.32 bits per heavy atom. The molecule has 1 N–H and O–H groups in total. The summed E-state index contributed by atoms with van der Waals surface area (Å²) in [6.45, 7) is 1.59. The lowest BCUT2D eigenvalue weighted by Gasteiger charge is -2.24. The van der Waals surface area contributed by atoms with E-state index in [4.69, 9.17) is 0 Å². The second-order valence-electron chi connectivity index (χ2n) is 5.08. The van der Waals surface area contributed by atoms with Crippen LogP contribution >= 0.6 is 0 Å². The van der Waals surface area contributed by atoms with Crippen molar-refractivity contribution in [3.8, 4) is 0 Å². The molecule has 0 atom stereocenters. The molecule has 1 aliphatic heterocycles. The van der Waals surface area contributed by atoms with E-state index in [1.165, 1.54) is 5.56 Å². The lowest BCUT2D eigenvalue weighted by Crippen LogP contribution is -2.25. The Morgan fingerprint density at radius 2 is 2.11 bits per heavy atom. The maximum absolute atomic E-state index is 12.2. The van der Waals surface area contributed by atoms with Crippen LogP contribution in [-0.2, 0) is 13.0 Å². The summed E-state index contributed by atoms with van der Waals surface area (Å²) < 4.78 is 36.6. The fourth-order valence-corrected chi connectivity index (χ4v) is 2.42. The normalized spacial score (nSPS) is 15.2. The van der Waals surface area contributed by atoms with Crippen LogP contribution in [0.15, 0.2) is 18.2 Å². The van der Waals surface area contributed by atoms with Gasteiger partial charge in [-0.25, -0.2) is 0 Å². The summed E-state index contributed by atoms with van der Waals surface area (Å²) in [7, 11) is 1.74. The van der Waals surface area contributed by atoms with Gasteiger partial charge < -0.3 is 10.2 Å². The van der Waals surface area contributed by atoms with Gasteiger partial charge in [-0.1, -0.05) is 12.1 Å². The van der Waals surface area contributed by atoms with E-state index in [0.29, 0.717) is 6.54 Å². The summed E-state index contributed by atoms with van der Waals surface area (Å²) in [5.74, 6) is 0. The van der Waals surface area contributed by atoms with E-state index in [0.717, 1.165) is 30.6 Å². The fraction of sp³-hybridized carbons (Fsp3) is 0.571. The summed E-state index contributed by atoms with van der Waals surface area (Å²) in [5, 5.41) is 3.33. The smallest absolute Gasteiger partial charge is 0.385 e. The van der Waals surface area contributed by atoms with Crippen molar-refractivity contribution in [2.75, 3.05) is 25.5 Å². The molecular formula is C14H19F3N2. The zero-order chi connectivity index (χ0) is 13.9. The fourth-order valence-electron chi connectivity index (χ4n) is 2.42. The summed E-state index contributed by atoms with van der Waals surface area (Å²) in [6, 6.07) is 6.01. The molecular weight excluding hydrogens is 253 g/mol. The van der Waals surface area contributed by atoms with Gasteiger partial charge in [0.1, 0.15) is 0 Å². The molecule has 0 bridgehead atoms. The third-order valence-corrected chi connectivity index (χ3v) is 3.41. The van der Waals surface area contributed by atoms with E-state index in [9.17, 15) is 13.2 Å². The van der Waals surface area contributed by atoms with Gasteiger partial charge in [0.2, 0.25) is 0 Å². The van der Waals surface area contributed by atoms with Crippen molar-refractivity contribution in [2.24, 2.45) is 0 Å². The van der Waals surface area contributed by atoms with Crippen LogP contribution in [0, 0.1) is 0 Å². The Morgan fingerprint density at radius 3 is 2.84 bits per heavy atom. The number of hydrogen-bond acceptors (Lipinski definition) is 2. The molecule has 0 amide bonds. The predicted molar refractivity (Wildman–Crippen MR) is 70.3 cm³/mol. The molecule has 0 fully saturated rings. The summed E-state index contributed by atoms with van der Waals surface area (Å²) in [6.07, 6.45) is -2.75. The second-order valence-corrected chi connectivity index (χ2v) is 5.08. The van der Waals surface area contributed by atoms with E-state index >= 15 is 0 Å². The van der Waals surface area contributed by atoms with Crippen molar-refractivity contribution >= 4 is 5.69 Å². The molecule has 0 saturated heterocycles. The summed E-state index contributed by atoms with van der Waals surface area (Å²) in [5.41, 5.74) is 3.52. The number of hydrogen-bond donors (Lipinski definition) is 1. The first kappa shape index (κ1) is 14.2. The van der Waals surface area contributed by atoms with Gasteiger partial charge in [-0.2, -0.15) is 13.2 Å². The minimum absolute atomic E-state index is 0.0423. The van der Waals surface area contributed by atoms with Crippen LogP contribution in [0.25, 0.3) is 0 Å². The quantitative estimate of drug-likeness (QED) is 0.903. The van der Waals surface area contributed by atoms with Crippen LogP contribution in [0.1, 0.15) is 24.0 Å². The number of nitrogens with zero attached hydrogens (tertiary/aromatic N) is 1. The van der Waals surface area contributed by atoms with Gasteiger partial charge in [-0.05, 0) is 37.1 Å².